The summed E-state index contributed by atoms with van der Waals surface area (Å²) in [4.78, 5) is 14.8. The molecule has 0 aromatic heterocycles. The second kappa shape index (κ2) is 9.89. The number of amides is 1. The third-order valence-corrected chi connectivity index (χ3v) is 7.00. The van der Waals surface area contributed by atoms with Gasteiger partial charge in [-0.2, -0.15) is 0 Å². The van der Waals surface area contributed by atoms with E-state index in [0.29, 0.717) is 17.1 Å². The van der Waals surface area contributed by atoms with Crippen LogP contribution in [0.25, 0.3) is 0 Å². The summed E-state index contributed by atoms with van der Waals surface area (Å²) in [6, 6.07) is 19.8. The predicted molar refractivity (Wildman–Crippen MR) is 128 cm³/mol. The van der Waals surface area contributed by atoms with Crippen molar-refractivity contribution in [2.45, 2.75) is 4.90 Å². The summed E-state index contributed by atoms with van der Waals surface area (Å²) in [5.41, 5.74) is 1.19. The Morgan fingerprint density at radius 3 is 2.28 bits per heavy atom. The minimum atomic E-state index is -3.94. The van der Waals surface area contributed by atoms with Gasteiger partial charge in [-0.15, -0.1) is 6.58 Å². The standard InChI is InChI=1S/C24H23ClN2O4S/c1-4-16-27(19-8-6-5-7-9-19)24(28)22-17-21(14-15-23(22)25)32(29,30)26(2)18-10-12-20(31-3)13-11-18/h4-15,17H,1,16H2,2-3H3. The van der Waals surface area contributed by atoms with Crippen LogP contribution in [0.3, 0.4) is 0 Å². The summed E-state index contributed by atoms with van der Waals surface area (Å²) >= 11 is 6.31. The number of ether oxygens (including phenoxy) is 1. The molecule has 0 bridgehead atoms. The topological polar surface area (TPSA) is 66.9 Å². The second-order valence-electron chi connectivity index (χ2n) is 6.85. The first kappa shape index (κ1) is 23.4. The van der Waals surface area contributed by atoms with Crippen LogP contribution in [-0.4, -0.2) is 35.0 Å². The van der Waals surface area contributed by atoms with Crippen molar-refractivity contribution in [1.29, 1.82) is 0 Å². The van der Waals surface area contributed by atoms with E-state index in [2.05, 4.69) is 6.58 Å². The van der Waals surface area contributed by atoms with Gasteiger partial charge < -0.3 is 9.64 Å². The Balaban J connectivity index is 1.99. The van der Waals surface area contributed by atoms with Gasteiger partial charge in [-0.05, 0) is 54.6 Å². The highest BCUT2D eigenvalue weighted by Gasteiger charge is 2.26. The maximum absolute atomic E-state index is 13.3. The molecule has 3 aromatic carbocycles. The molecule has 0 saturated heterocycles. The van der Waals surface area contributed by atoms with Gasteiger partial charge in [0.25, 0.3) is 15.9 Å². The van der Waals surface area contributed by atoms with Crippen LogP contribution in [0, 0.1) is 0 Å². The van der Waals surface area contributed by atoms with E-state index in [0.717, 1.165) is 4.31 Å². The number of nitrogens with zero attached hydrogens (tertiary/aromatic N) is 2. The molecule has 32 heavy (non-hydrogen) atoms. The molecule has 0 heterocycles. The van der Waals surface area contributed by atoms with Crippen LogP contribution in [0.1, 0.15) is 10.4 Å². The highest BCUT2D eigenvalue weighted by molar-refractivity contribution is 7.92. The van der Waals surface area contributed by atoms with Crippen molar-refractivity contribution in [1.82, 2.24) is 0 Å². The summed E-state index contributed by atoms with van der Waals surface area (Å²) in [7, 11) is -0.964. The predicted octanol–water partition coefficient (Wildman–Crippen LogP) is 5.01. The normalized spacial score (nSPS) is 11.0. The number of carbonyl (C=O) groups excluding carboxylic acids is 1. The van der Waals surface area contributed by atoms with Gasteiger partial charge in [0.05, 0.1) is 28.3 Å². The second-order valence-corrected chi connectivity index (χ2v) is 9.23. The lowest BCUT2D eigenvalue weighted by atomic mass is 10.1. The van der Waals surface area contributed by atoms with Crippen LogP contribution >= 0.6 is 11.6 Å². The number of anilines is 2. The van der Waals surface area contributed by atoms with Crippen molar-refractivity contribution < 1.29 is 17.9 Å². The van der Waals surface area contributed by atoms with E-state index >= 15 is 0 Å². The molecule has 6 nitrogen and oxygen atoms in total. The lowest BCUT2D eigenvalue weighted by Gasteiger charge is -2.23. The number of para-hydroxylation sites is 1. The molecule has 3 aromatic rings. The van der Waals surface area contributed by atoms with Crippen molar-refractivity contribution >= 4 is 38.9 Å². The van der Waals surface area contributed by atoms with Gasteiger partial charge in [-0.1, -0.05) is 35.9 Å². The molecule has 0 aliphatic heterocycles. The van der Waals surface area contributed by atoms with Crippen LogP contribution in [0.15, 0.2) is 90.3 Å². The van der Waals surface area contributed by atoms with E-state index in [1.165, 1.54) is 37.3 Å². The first-order valence-corrected chi connectivity index (χ1v) is 11.5. The molecule has 0 aliphatic carbocycles. The molecule has 0 radical (unpaired) electrons. The maximum atomic E-state index is 13.3. The van der Waals surface area contributed by atoms with Crippen molar-refractivity contribution in [3.63, 3.8) is 0 Å². The Hall–Kier alpha value is -3.29. The highest BCUT2D eigenvalue weighted by Crippen LogP contribution is 2.28. The third-order valence-electron chi connectivity index (χ3n) is 4.89. The number of rotatable bonds is 8. The van der Waals surface area contributed by atoms with Gasteiger partial charge in [-0.25, -0.2) is 8.42 Å². The van der Waals surface area contributed by atoms with Crippen LogP contribution in [0.4, 0.5) is 11.4 Å². The fourth-order valence-corrected chi connectivity index (χ4v) is 4.53. The van der Waals surface area contributed by atoms with Gasteiger partial charge in [0.15, 0.2) is 0 Å². The van der Waals surface area contributed by atoms with Gasteiger partial charge in [0.1, 0.15) is 5.75 Å². The lowest BCUT2D eigenvalue weighted by molar-refractivity contribution is 0.0989. The molecule has 0 N–H and O–H groups in total. The summed E-state index contributed by atoms with van der Waals surface area (Å²) < 4.78 is 32.8. The SMILES string of the molecule is C=CCN(C(=O)c1cc(S(=O)(=O)N(C)c2ccc(OC)cc2)ccc1Cl)c1ccccc1. The quantitative estimate of drug-likeness (QED) is 0.434. The minimum absolute atomic E-state index is 0.0461. The summed E-state index contributed by atoms with van der Waals surface area (Å²) in [6.45, 7) is 3.95. The number of sulfonamides is 1. The van der Waals surface area contributed by atoms with Crippen molar-refractivity contribution in [3.8, 4) is 5.75 Å². The van der Waals surface area contributed by atoms with Crippen molar-refractivity contribution in [2.75, 3.05) is 29.9 Å². The molecule has 0 saturated carbocycles. The minimum Gasteiger partial charge on any atom is -0.497 e. The summed E-state index contributed by atoms with van der Waals surface area (Å²) in [5, 5.41) is 0.158. The fraction of sp³-hybridized carbons (Fsp3) is 0.125. The van der Waals surface area contributed by atoms with Crippen LogP contribution in [0.2, 0.25) is 5.02 Å². The molecule has 0 fully saturated rings. The van der Waals surface area contributed by atoms with Crippen LogP contribution in [0.5, 0.6) is 5.75 Å². The number of benzene rings is 3. The van der Waals surface area contributed by atoms with E-state index in [9.17, 15) is 13.2 Å². The molecule has 1 amide bonds. The Morgan fingerprint density at radius 1 is 1.03 bits per heavy atom. The largest absolute Gasteiger partial charge is 0.497 e. The molecule has 0 spiro atoms. The molecule has 0 atom stereocenters. The van der Waals surface area contributed by atoms with E-state index in [-0.39, 0.29) is 22.0 Å². The summed E-state index contributed by atoms with van der Waals surface area (Å²) in [5.74, 6) is 0.187. The monoisotopic (exact) mass is 470 g/mol. The number of methoxy groups -OCH3 is 1. The molecule has 0 unspecified atom stereocenters. The average Bonchev–Trinajstić information content (AvgIpc) is 2.82. The summed E-state index contributed by atoms with van der Waals surface area (Å²) in [6.07, 6.45) is 1.59. The molecule has 3 rings (SSSR count). The molecular formula is C24H23ClN2O4S. The maximum Gasteiger partial charge on any atom is 0.264 e. The molecular weight excluding hydrogens is 448 g/mol. The fourth-order valence-electron chi connectivity index (χ4n) is 3.11. The zero-order chi connectivity index (χ0) is 23.3. The van der Waals surface area contributed by atoms with Gasteiger partial charge in [0.2, 0.25) is 0 Å². The van der Waals surface area contributed by atoms with Crippen LogP contribution in [-0.2, 0) is 10.0 Å². The number of halogens is 1. The zero-order valence-electron chi connectivity index (χ0n) is 17.7. The van der Waals surface area contributed by atoms with Gasteiger partial charge in [-0.3, -0.25) is 9.10 Å². The van der Waals surface area contributed by atoms with E-state index in [4.69, 9.17) is 16.3 Å². The molecule has 8 heteroatoms. The molecule has 0 aliphatic rings. The van der Waals surface area contributed by atoms with Gasteiger partial charge >= 0.3 is 0 Å². The van der Waals surface area contributed by atoms with E-state index in [1.54, 1.807) is 42.5 Å². The Morgan fingerprint density at radius 2 is 1.69 bits per heavy atom. The average molecular weight is 471 g/mol. The smallest absolute Gasteiger partial charge is 0.264 e. The highest BCUT2D eigenvalue weighted by atomic mass is 35.5. The third kappa shape index (κ3) is 4.79. The van der Waals surface area contributed by atoms with Gasteiger partial charge in [0, 0.05) is 19.3 Å². The Labute approximate surface area is 193 Å². The van der Waals surface area contributed by atoms with E-state index < -0.39 is 15.9 Å². The van der Waals surface area contributed by atoms with Crippen LogP contribution < -0.4 is 13.9 Å². The number of hydrogen-bond acceptors (Lipinski definition) is 4. The molecule has 166 valence electrons. The van der Waals surface area contributed by atoms with E-state index in [1.807, 2.05) is 18.2 Å². The first-order chi connectivity index (χ1) is 15.3. The first-order valence-electron chi connectivity index (χ1n) is 9.70. The number of carbonyl (C=O) groups is 1. The zero-order valence-corrected chi connectivity index (χ0v) is 19.3. The number of hydrogen-bond donors (Lipinski definition) is 0. The Kier molecular flexibility index (Phi) is 7.22. The van der Waals surface area contributed by atoms with Crippen molar-refractivity contribution in [3.05, 3.63) is 96.0 Å². The van der Waals surface area contributed by atoms with Crippen molar-refractivity contribution in [2.24, 2.45) is 0 Å². The Bertz CT molecular complexity index is 1210. The lowest BCUT2D eigenvalue weighted by Crippen LogP contribution is -2.32.